The van der Waals surface area contributed by atoms with Crippen LogP contribution in [0.15, 0.2) is 30.5 Å². The van der Waals surface area contributed by atoms with E-state index < -0.39 is 0 Å². The van der Waals surface area contributed by atoms with Crippen molar-refractivity contribution in [1.29, 1.82) is 0 Å². The lowest BCUT2D eigenvalue weighted by Crippen LogP contribution is -2.37. The van der Waals surface area contributed by atoms with Crippen LogP contribution in [-0.2, 0) is 4.74 Å². The van der Waals surface area contributed by atoms with E-state index in [2.05, 4.69) is 28.9 Å². The van der Waals surface area contributed by atoms with Gasteiger partial charge in [0, 0.05) is 37.0 Å². The van der Waals surface area contributed by atoms with Crippen LogP contribution < -0.4 is 10.6 Å². The summed E-state index contributed by atoms with van der Waals surface area (Å²) in [5.41, 5.74) is 8.91. The number of fused-ring (bicyclic) bond motifs is 1. The van der Waals surface area contributed by atoms with Gasteiger partial charge in [-0.15, -0.1) is 0 Å². The number of nitrogens with zero attached hydrogens (tertiary/aromatic N) is 2. The highest BCUT2D eigenvalue weighted by molar-refractivity contribution is 5.98. The minimum absolute atomic E-state index is 0.521. The van der Waals surface area contributed by atoms with E-state index in [1.165, 1.54) is 18.5 Å². The highest BCUT2D eigenvalue weighted by Gasteiger charge is 2.32. The molecular formula is C17H23N3O. The van der Waals surface area contributed by atoms with Gasteiger partial charge in [-0.05, 0) is 37.8 Å². The van der Waals surface area contributed by atoms with Gasteiger partial charge in [0.25, 0.3) is 0 Å². The molecule has 2 N–H and O–H groups in total. The van der Waals surface area contributed by atoms with Crippen molar-refractivity contribution in [3.8, 4) is 0 Å². The summed E-state index contributed by atoms with van der Waals surface area (Å²) in [6.45, 7) is 3.93. The average Bonchev–Trinajstić information content (AvgIpc) is 3.33. The molecule has 4 heteroatoms. The van der Waals surface area contributed by atoms with Gasteiger partial charge in [0.05, 0.1) is 17.8 Å². The molecule has 0 aliphatic heterocycles. The molecule has 1 fully saturated rings. The van der Waals surface area contributed by atoms with E-state index in [1.807, 2.05) is 18.3 Å². The number of nitrogen functional groups attached to an aromatic ring is 1. The van der Waals surface area contributed by atoms with Crippen LogP contribution >= 0.6 is 0 Å². The molecule has 4 nitrogen and oxygen atoms in total. The molecule has 1 heterocycles. The zero-order valence-corrected chi connectivity index (χ0v) is 12.7. The summed E-state index contributed by atoms with van der Waals surface area (Å²) in [7, 11) is 1.75. The summed E-state index contributed by atoms with van der Waals surface area (Å²) in [4.78, 5) is 6.89. The number of methoxy groups -OCH3 is 1. The van der Waals surface area contributed by atoms with Gasteiger partial charge in [-0.1, -0.05) is 12.1 Å². The highest BCUT2D eigenvalue weighted by Crippen LogP contribution is 2.38. The Morgan fingerprint density at radius 1 is 1.38 bits per heavy atom. The van der Waals surface area contributed by atoms with E-state index in [9.17, 15) is 0 Å². The molecule has 1 aromatic heterocycles. The molecule has 1 aliphatic rings. The van der Waals surface area contributed by atoms with Crippen molar-refractivity contribution in [3.05, 3.63) is 30.5 Å². The van der Waals surface area contributed by atoms with Gasteiger partial charge < -0.3 is 15.4 Å². The topological polar surface area (TPSA) is 51.4 Å². The van der Waals surface area contributed by atoms with Crippen LogP contribution in [0.2, 0.25) is 0 Å². The number of nitrogens with two attached hydrogens (primary N) is 1. The van der Waals surface area contributed by atoms with E-state index in [1.54, 1.807) is 7.11 Å². The molecule has 0 radical (unpaired) electrons. The summed E-state index contributed by atoms with van der Waals surface area (Å²) in [5.74, 6) is 0.797. The fourth-order valence-electron chi connectivity index (χ4n) is 3.00. The first-order valence-electron chi connectivity index (χ1n) is 7.61. The summed E-state index contributed by atoms with van der Waals surface area (Å²) < 4.78 is 5.30. The SMILES string of the molecule is COCCN(c1ccnc2c(N)cccc12)C(C)C1CC1. The molecular weight excluding hydrogens is 262 g/mol. The molecule has 21 heavy (non-hydrogen) atoms. The van der Waals surface area contributed by atoms with Crippen molar-refractivity contribution in [2.75, 3.05) is 30.9 Å². The number of hydrogen-bond acceptors (Lipinski definition) is 4. The van der Waals surface area contributed by atoms with Crippen molar-refractivity contribution in [2.24, 2.45) is 5.92 Å². The normalized spacial score (nSPS) is 16.1. The number of anilines is 2. The first-order valence-corrected chi connectivity index (χ1v) is 7.61. The quantitative estimate of drug-likeness (QED) is 0.829. The predicted octanol–water partition coefficient (Wildman–Crippen LogP) is 3.07. The monoisotopic (exact) mass is 285 g/mol. The Hall–Kier alpha value is -1.81. The third-order valence-electron chi connectivity index (χ3n) is 4.42. The maximum Gasteiger partial charge on any atom is 0.0951 e. The number of benzene rings is 1. The van der Waals surface area contributed by atoms with Crippen LogP contribution in [-0.4, -0.2) is 31.3 Å². The van der Waals surface area contributed by atoms with Gasteiger partial charge in [0.1, 0.15) is 0 Å². The molecule has 1 aromatic carbocycles. The average molecular weight is 285 g/mol. The summed E-state index contributed by atoms with van der Waals surface area (Å²) in [6.07, 6.45) is 4.51. The van der Waals surface area contributed by atoms with Crippen LogP contribution in [0, 0.1) is 5.92 Å². The fourth-order valence-corrected chi connectivity index (χ4v) is 3.00. The van der Waals surface area contributed by atoms with Crippen LogP contribution in [0.25, 0.3) is 10.9 Å². The first-order chi connectivity index (χ1) is 10.2. The Labute approximate surface area is 125 Å². The predicted molar refractivity (Wildman–Crippen MR) is 87.6 cm³/mol. The molecule has 0 bridgehead atoms. The minimum Gasteiger partial charge on any atom is -0.397 e. The number of pyridine rings is 1. The molecule has 1 atom stereocenters. The number of ether oxygens (including phenoxy) is 1. The zero-order valence-electron chi connectivity index (χ0n) is 12.7. The molecule has 0 spiro atoms. The summed E-state index contributed by atoms with van der Waals surface area (Å²) in [6, 6.07) is 8.62. The number of aromatic nitrogens is 1. The second kappa shape index (κ2) is 5.90. The van der Waals surface area contributed by atoms with E-state index in [4.69, 9.17) is 10.5 Å². The van der Waals surface area contributed by atoms with Crippen LogP contribution in [0.4, 0.5) is 11.4 Å². The lowest BCUT2D eigenvalue weighted by molar-refractivity contribution is 0.203. The minimum atomic E-state index is 0.521. The van der Waals surface area contributed by atoms with Crippen molar-refractivity contribution < 1.29 is 4.74 Å². The number of rotatable bonds is 6. The van der Waals surface area contributed by atoms with Gasteiger partial charge in [0.15, 0.2) is 0 Å². The first kappa shape index (κ1) is 14.1. The molecule has 1 unspecified atom stereocenters. The Bertz CT molecular complexity index is 624. The standard InChI is InChI=1S/C17H23N3O/c1-12(13-6-7-13)20(10-11-21-2)16-8-9-19-17-14(16)4-3-5-15(17)18/h3-5,8-9,12-13H,6-7,10-11,18H2,1-2H3. The van der Waals surface area contributed by atoms with E-state index in [0.29, 0.717) is 6.04 Å². The van der Waals surface area contributed by atoms with Crippen molar-refractivity contribution in [3.63, 3.8) is 0 Å². The Balaban J connectivity index is 2.03. The molecule has 1 aliphatic carbocycles. The molecule has 1 saturated carbocycles. The van der Waals surface area contributed by atoms with Crippen LogP contribution in [0.1, 0.15) is 19.8 Å². The van der Waals surface area contributed by atoms with Gasteiger partial charge in [0.2, 0.25) is 0 Å². The van der Waals surface area contributed by atoms with Gasteiger partial charge in [-0.25, -0.2) is 0 Å². The van der Waals surface area contributed by atoms with Gasteiger partial charge in [-0.2, -0.15) is 0 Å². The Kier molecular flexibility index (Phi) is 3.97. The third kappa shape index (κ3) is 2.81. The van der Waals surface area contributed by atoms with Gasteiger partial charge in [-0.3, -0.25) is 4.98 Å². The molecule has 112 valence electrons. The highest BCUT2D eigenvalue weighted by atomic mass is 16.5. The lowest BCUT2D eigenvalue weighted by atomic mass is 10.1. The summed E-state index contributed by atoms with van der Waals surface area (Å²) in [5, 5.41) is 1.13. The Morgan fingerprint density at radius 3 is 2.90 bits per heavy atom. The van der Waals surface area contributed by atoms with E-state index in [-0.39, 0.29) is 0 Å². The maximum atomic E-state index is 6.07. The van der Waals surface area contributed by atoms with E-state index >= 15 is 0 Å². The number of para-hydroxylation sites is 1. The Morgan fingerprint density at radius 2 is 2.19 bits per heavy atom. The second-order valence-corrected chi connectivity index (χ2v) is 5.84. The van der Waals surface area contributed by atoms with Crippen molar-refractivity contribution in [2.45, 2.75) is 25.8 Å². The number of hydrogen-bond donors (Lipinski definition) is 1. The van der Waals surface area contributed by atoms with Gasteiger partial charge >= 0.3 is 0 Å². The lowest BCUT2D eigenvalue weighted by Gasteiger charge is -2.32. The van der Waals surface area contributed by atoms with Crippen LogP contribution in [0.5, 0.6) is 0 Å². The molecule has 3 rings (SSSR count). The summed E-state index contributed by atoms with van der Waals surface area (Å²) >= 11 is 0. The zero-order chi connectivity index (χ0) is 14.8. The molecule has 0 saturated heterocycles. The largest absolute Gasteiger partial charge is 0.397 e. The van der Waals surface area contributed by atoms with E-state index in [0.717, 1.165) is 35.7 Å². The van der Waals surface area contributed by atoms with Crippen LogP contribution in [0.3, 0.4) is 0 Å². The molecule has 2 aromatic rings. The second-order valence-electron chi connectivity index (χ2n) is 5.84. The smallest absolute Gasteiger partial charge is 0.0951 e. The van der Waals surface area contributed by atoms with Crippen molar-refractivity contribution >= 4 is 22.3 Å². The maximum absolute atomic E-state index is 6.07. The third-order valence-corrected chi connectivity index (χ3v) is 4.42. The molecule has 0 amide bonds. The fraction of sp³-hybridized carbons (Fsp3) is 0.471. The van der Waals surface area contributed by atoms with Crippen molar-refractivity contribution in [1.82, 2.24) is 4.98 Å².